The van der Waals surface area contributed by atoms with Crippen LogP contribution in [0.2, 0.25) is 0 Å². The van der Waals surface area contributed by atoms with Gasteiger partial charge in [0, 0.05) is 0 Å². The van der Waals surface area contributed by atoms with Gasteiger partial charge in [-0.3, -0.25) is 4.98 Å². The quantitative estimate of drug-likeness (QED) is 0.756. The van der Waals surface area contributed by atoms with Crippen LogP contribution in [0, 0.1) is 0 Å². The Hall–Kier alpha value is -2.27. The van der Waals surface area contributed by atoms with E-state index in [4.69, 9.17) is 19.3 Å². The van der Waals surface area contributed by atoms with E-state index in [0.717, 1.165) is 5.75 Å². The van der Waals surface area contributed by atoms with E-state index in [9.17, 15) is 0 Å². The minimum absolute atomic E-state index is 0.0718. The first-order valence-electron chi connectivity index (χ1n) is 6.86. The van der Waals surface area contributed by atoms with Crippen LogP contribution >= 0.6 is 0 Å². The van der Waals surface area contributed by atoms with E-state index in [2.05, 4.69) is 4.98 Å². The summed E-state index contributed by atoms with van der Waals surface area (Å²) in [6.07, 6.45) is 1.58. The van der Waals surface area contributed by atoms with E-state index in [-0.39, 0.29) is 6.61 Å². The molecule has 0 radical (unpaired) electrons. The summed E-state index contributed by atoms with van der Waals surface area (Å²) >= 11 is 0. The van der Waals surface area contributed by atoms with E-state index in [1.165, 1.54) is 0 Å². The Morgan fingerprint density at radius 1 is 0.952 bits per heavy atom. The molecule has 2 aromatic rings. The van der Waals surface area contributed by atoms with Crippen molar-refractivity contribution in [3.05, 3.63) is 48.3 Å². The van der Waals surface area contributed by atoms with Crippen molar-refractivity contribution >= 4 is 0 Å². The SMILES string of the molecule is CCOc1ccccc1OCCOc1ccc(CO)nc1. The lowest BCUT2D eigenvalue weighted by molar-refractivity contribution is 0.207. The molecule has 0 amide bonds. The number of aliphatic hydroxyl groups is 1. The lowest BCUT2D eigenvalue weighted by Gasteiger charge is -2.12. The van der Waals surface area contributed by atoms with Crippen molar-refractivity contribution in [2.24, 2.45) is 0 Å². The standard InChI is InChI=1S/C16H19NO4/c1-2-19-15-5-3-4-6-16(15)21-10-9-20-14-8-7-13(12-18)17-11-14/h3-8,11,18H,2,9-10,12H2,1H3. The van der Waals surface area contributed by atoms with Crippen LogP contribution in [-0.2, 0) is 6.61 Å². The zero-order valence-corrected chi connectivity index (χ0v) is 12.0. The molecule has 0 spiro atoms. The topological polar surface area (TPSA) is 60.8 Å². The molecule has 21 heavy (non-hydrogen) atoms. The fraction of sp³-hybridized carbons (Fsp3) is 0.312. The van der Waals surface area contributed by atoms with Gasteiger partial charge in [-0.1, -0.05) is 12.1 Å². The lowest BCUT2D eigenvalue weighted by Crippen LogP contribution is -2.10. The van der Waals surface area contributed by atoms with Gasteiger partial charge >= 0.3 is 0 Å². The first-order chi connectivity index (χ1) is 10.3. The van der Waals surface area contributed by atoms with Gasteiger partial charge in [-0.2, -0.15) is 0 Å². The minimum Gasteiger partial charge on any atom is -0.490 e. The Balaban J connectivity index is 1.79. The van der Waals surface area contributed by atoms with Crippen molar-refractivity contribution in [1.82, 2.24) is 4.98 Å². The van der Waals surface area contributed by atoms with Crippen molar-refractivity contribution < 1.29 is 19.3 Å². The molecule has 5 nitrogen and oxygen atoms in total. The second-order valence-corrected chi connectivity index (χ2v) is 4.22. The number of aromatic nitrogens is 1. The molecule has 0 aliphatic rings. The van der Waals surface area contributed by atoms with Crippen molar-refractivity contribution in [3.8, 4) is 17.2 Å². The predicted octanol–water partition coefficient (Wildman–Crippen LogP) is 2.43. The largest absolute Gasteiger partial charge is 0.490 e. The number of hydrogen-bond acceptors (Lipinski definition) is 5. The number of para-hydroxylation sites is 2. The van der Waals surface area contributed by atoms with Crippen molar-refractivity contribution in [2.75, 3.05) is 19.8 Å². The summed E-state index contributed by atoms with van der Waals surface area (Å²) in [5, 5.41) is 8.90. The van der Waals surface area contributed by atoms with Gasteiger partial charge in [0.2, 0.25) is 0 Å². The monoisotopic (exact) mass is 289 g/mol. The molecule has 0 atom stereocenters. The molecular formula is C16H19NO4. The maximum absolute atomic E-state index is 8.90. The van der Waals surface area contributed by atoms with Gasteiger partial charge in [0.15, 0.2) is 11.5 Å². The number of rotatable bonds is 8. The third-order valence-electron chi connectivity index (χ3n) is 2.72. The number of nitrogens with zero attached hydrogens (tertiary/aromatic N) is 1. The third-order valence-corrected chi connectivity index (χ3v) is 2.72. The summed E-state index contributed by atoms with van der Waals surface area (Å²) in [5.41, 5.74) is 0.615. The van der Waals surface area contributed by atoms with Crippen LogP contribution in [0.4, 0.5) is 0 Å². The van der Waals surface area contributed by atoms with Crippen molar-refractivity contribution in [2.45, 2.75) is 13.5 Å². The van der Waals surface area contributed by atoms with Gasteiger partial charge in [-0.25, -0.2) is 0 Å². The Bertz CT molecular complexity index is 542. The molecule has 0 aliphatic heterocycles. The van der Waals surface area contributed by atoms with Crippen LogP contribution in [0.1, 0.15) is 12.6 Å². The molecule has 0 saturated carbocycles. The Kier molecular flexibility index (Phi) is 5.84. The molecule has 1 heterocycles. The average Bonchev–Trinajstić information content (AvgIpc) is 2.54. The fourth-order valence-corrected chi connectivity index (χ4v) is 1.75. The van der Waals surface area contributed by atoms with Gasteiger partial charge in [-0.15, -0.1) is 0 Å². The zero-order chi connectivity index (χ0) is 14.9. The number of hydrogen-bond donors (Lipinski definition) is 1. The second kappa shape index (κ2) is 8.11. The summed E-state index contributed by atoms with van der Waals surface area (Å²) in [6, 6.07) is 11.0. The van der Waals surface area contributed by atoms with Crippen LogP contribution in [0.3, 0.4) is 0 Å². The maximum atomic E-state index is 8.90. The van der Waals surface area contributed by atoms with E-state index in [1.54, 1.807) is 18.3 Å². The van der Waals surface area contributed by atoms with Crippen LogP contribution in [0.15, 0.2) is 42.6 Å². The molecule has 5 heteroatoms. The highest BCUT2D eigenvalue weighted by Gasteiger charge is 2.03. The number of aliphatic hydroxyl groups excluding tert-OH is 1. The van der Waals surface area contributed by atoms with E-state index < -0.39 is 0 Å². The zero-order valence-electron chi connectivity index (χ0n) is 12.0. The van der Waals surface area contributed by atoms with Crippen molar-refractivity contribution in [1.29, 1.82) is 0 Å². The molecule has 0 unspecified atom stereocenters. The molecule has 112 valence electrons. The maximum Gasteiger partial charge on any atom is 0.161 e. The highest BCUT2D eigenvalue weighted by molar-refractivity contribution is 5.39. The van der Waals surface area contributed by atoms with Gasteiger partial charge < -0.3 is 19.3 Å². The van der Waals surface area contributed by atoms with Gasteiger partial charge in [0.1, 0.15) is 19.0 Å². The normalized spacial score (nSPS) is 10.2. The number of pyridine rings is 1. The van der Waals surface area contributed by atoms with Crippen LogP contribution < -0.4 is 14.2 Å². The summed E-state index contributed by atoms with van der Waals surface area (Å²) < 4.78 is 16.6. The molecule has 2 rings (SSSR count). The molecule has 1 aromatic carbocycles. The lowest BCUT2D eigenvalue weighted by atomic mass is 10.3. The number of benzene rings is 1. The molecule has 0 fully saturated rings. The van der Waals surface area contributed by atoms with Crippen molar-refractivity contribution in [3.63, 3.8) is 0 Å². The minimum atomic E-state index is -0.0718. The summed E-state index contributed by atoms with van der Waals surface area (Å²) in [7, 11) is 0. The second-order valence-electron chi connectivity index (χ2n) is 4.22. The molecular weight excluding hydrogens is 270 g/mol. The summed E-state index contributed by atoms with van der Waals surface area (Å²) in [5.74, 6) is 2.08. The average molecular weight is 289 g/mol. The summed E-state index contributed by atoms with van der Waals surface area (Å²) in [4.78, 5) is 4.04. The first-order valence-corrected chi connectivity index (χ1v) is 6.86. The van der Waals surface area contributed by atoms with Crippen LogP contribution in [-0.4, -0.2) is 29.9 Å². The highest BCUT2D eigenvalue weighted by Crippen LogP contribution is 2.26. The smallest absolute Gasteiger partial charge is 0.161 e. The van der Waals surface area contributed by atoms with Crippen LogP contribution in [0.25, 0.3) is 0 Å². The third kappa shape index (κ3) is 4.65. The Morgan fingerprint density at radius 3 is 2.29 bits per heavy atom. The van der Waals surface area contributed by atoms with Gasteiger partial charge in [0.05, 0.1) is 25.1 Å². The predicted molar refractivity (Wildman–Crippen MR) is 78.8 cm³/mol. The van der Waals surface area contributed by atoms with Gasteiger partial charge in [0.25, 0.3) is 0 Å². The Morgan fingerprint density at radius 2 is 1.67 bits per heavy atom. The van der Waals surface area contributed by atoms with E-state index >= 15 is 0 Å². The molecule has 0 aliphatic carbocycles. The van der Waals surface area contributed by atoms with E-state index in [0.29, 0.717) is 37.0 Å². The molecule has 1 aromatic heterocycles. The molecule has 0 bridgehead atoms. The highest BCUT2D eigenvalue weighted by atomic mass is 16.5. The van der Waals surface area contributed by atoms with Crippen LogP contribution in [0.5, 0.6) is 17.2 Å². The van der Waals surface area contributed by atoms with Gasteiger partial charge in [-0.05, 0) is 31.2 Å². The Labute approximate surface area is 124 Å². The summed E-state index contributed by atoms with van der Waals surface area (Å²) in [6.45, 7) is 3.27. The first kappa shape index (κ1) is 15.1. The number of ether oxygens (including phenoxy) is 3. The molecule has 0 saturated heterocycles. The molecule has 1 N–H and O–H groups in total. The fourth-order valence-electron chi connectivity index (χ4n) is 1.75. The van der Waals surface area contributed by atoms with E-state index in [1.807, 2.05) is 31.2 Å².